The van der Waals surface area contributed by atoms with Crippen LogP contribution >= 0.6 is 11.3 Å². The monoisotopic (exact) mass is 263 g/mol. The van der Waals surface area contributed by atoms with E-state index in [2.05, 4.69) is 0 Å². The minimum Gasteiger partial charge on any atom is -0.466 e. The fraction of sp³-hybridized carbons (Fsp3) is 0.231. The van der Waals surface area contributed by atoms with Gasteiger partial charge in [-0.05, 0) is 36.1 Å². The lowest BCUT2D eigenvalue weighted by molar-refractivity contribution is -0.142. The molecule has 0 amide bonds. The van der Waals surface area contributed by atoms with Gasteiger partial charge >= 0.3 is 5.97 Å². The van der Waals surface area contributed by atoms with E-state index in [1.165, 1.54) is 17.6 Å². The molecule has 5 heteroatoms. The molecular weight excluding hydrogens is 250 g/mol. The van der Waals surface area contributed by atoms with Crippen LogP contribution in [0.15, 0.2) is 34.3 Å². The Hall–Kier alpha value is -1.88. The number of furan rings is 1. The van der Waals surface area contributed by atoms with Gasteiger partial charge in [0.25, 0.3) is 0 Å². The average molecular weight is 263 g/mol. The summed E-state index contributed by atoms with van der Waals surface area (Å²) in [7, 11) is 0. The largest absolute Gasteiger partial charge is 0.466 e. The third kappa shape index (κ3) is 2.87. The molecule has 2 rings (SSSR count). The molecule has 0 atom stereocenters. The Balaban J connectivity index is 2.06. The molecule has 2 aromatic rings. The van der Waals surface area contributed by atoms with E-state index >= 15 is 0 Å². The molecule has 2 aromatic heterocycles. The van der Waals surface area contributed by atoms with Gasteiger partial charge in [-0.25, -0.2) is 0 Å². The predicted octanol–water partition coefficient (Wildman–Crippen LogP) is 2.86. The van der Waals surface area contributed by atoms with Crippen molar-refractivity contribution in [3.63, 3.8) is 0 Å². The van der Waals surface area contributed by atoms with Gasteiger partial charge in [-0.2, -0.15) is 0 Å². The first-order valence-corrected chi connectivity index (χ1v) is 6.44. The highest BCUT2D eigenvalue weighted by molar-refractivity contribution is 7.12. The van der Waals surface area contributed by atoms with Crippen molar-refractivity contribution in [1.82, 2.24) is 0 Å². The number of thiophene rings is 1. The summed E-state index contributed by atoms with van der Waals surface area (Å²) in [5.41, 5.74) is 1.20. The van der Waals surface area contributed by atoms with Gasteiger partial charge in [0.15, 0.2) is 5.76 Å². The summed E-state index contributed by atoms with van der Waals surface area (Å²) in [6.07, 6.45) is 1.78. The lowest BCUT2D eigenvalue weighted by atomic mass is 10.2. The number of rotatable bonds is 5. The highest BCUT2D eigenvalue weighted by Crippen LogP contribution is 2.19. The van der Waals surface area contributed by atoms with Crippen molar-refractivity contribution >= 4 is 23.0 Å². The van der Waals surface area contributed by atoms with Gasteiger partial charge in [0.1, 0.15) is 5.71 Å². The number of esters is 1. The summed E-state index contributed by atoms with van der Waals surface area (Å²) in [6.45, 7) is 2.17. The maximum Gasteiger partial charge on any atom is 0.310 e. The Labute approximate surface area is 109 Å². The van der Waals surface area contributed by atoms with E-state index in [-0.39, 0.29) is 12.4 Å². The Morgan fingerprint density at radius 2 is 2.39 bits per heavy atom. The first-order valence-electron chi connectivity index (χ1n) is 5.56. The number of hydrogen-bond acceptors (Lipinski definition) is 5. The summed E-state index contributed by atoms with van der Waals surface area (Å²) in [6, 6.07) is 5.32. The Morgan fingerprint density at radius 1 is 1.56 bits per heavy atom. The van der Waals surface area contributed by atoms with E-state index in [1.54, 1.807) is 19.1 Å². The summed E-state index contributed by atoms with van der Waals surface area (Å²) < 4.78 is 10.1. The molecule has 2 heterocycles. The molecule has 0 bridgehead atoms. The fourth-order valence-electron chi connectivity index (χ4n) is 1.52. The topological polar surface area (TPSA) is 63.3 Å². The average Bonchev–Trinajstić information content (AvgIpc) is 2.98. The molecule has 0 aromatic carbocycles. The van der Waals surface area contributed by atoms with Crippen LogP contribution in [0.4, 0.5) is 0 Å². The number of ether oxygens (including phenoxy) is 1. The molecule has 0 aliphatic carbocycles. The van der Waals surface area contributed by atoms with E-state index < -0.39 is 0 Å². The van der Waals surface area contributed by atoms with Crippen LogP contribution in [0.25, 0.3) is 0 Å². The first-order chi connectivity index (χ1) is 8.70. The van der Waals surface area contributed by atoms with Crippen LogP contribution in [-0.2, 0) is 16.0 Å². The molecule has 0 unspecified atom stereocenters. The van der Waals surface area contributed by atoms with Crippen LogP contribution < -0.4 is 0 Å². The zero-order chi connectivity index (χ0) is 13.0. The van der Waals surface area contributed by atoms with E-state index in [0.717, 1.165) is 10.4 Å². The van der Waals surface area contributed by atoms with Crippen molar-refractivity contribution in [3.05, 3.63) is 46.0 Å². The second kappa shape index (κ2) is 5.64. The smallest absolute Gasteiger partial charge is 0.310 e. The molecule has 0 aliphatic heterocycles. The van der Waals surface area contributed by atoms with Crippen molar-refractivity contribution in [2.24, 2.45) is 0 Å². The molecule has 0 saturated heterocycles. The van der Waals surface area contributed by atoms with Crippen LogP contribution in [0, 0.1) is 5.41 Å². The maximum atomic E-state index is 11.3. The minimum absolute atomic E-state index is 0.244. The summed E-state index contributed by atoms with van der Waals surface area (Å²) >= 11 is 1.42. The van der Waals surface area contributed by atoms with Gasteiger partial charge in [-0.1, -0.05) is 0 Å². The summed E-state index contributed by atoms with van der Waals surface area (Å²) in [5.74, 6) is 0.283. The maximum absolute atomic E-state index is 11.3. The van der Waals surface area contributed by atoms with Crippen molar-refractivity contribution in [2.45, 2.75) is 13.3 Å². The highest BCUT2D eigenvalue weighted by atomic mass is 32.1. The number of nitrogens with one attached hydrogen (secondary N) is 1. The Kier molecular flexibility index (Phi) is 3.94. The van der Waals surface area contributed by atoms with Gasteiger partial charge in [-0.3, -0.25) is 10.2 Å². The summed E-state index contributed by atoms with van der Waals surface area (Å²) in [4.78, 5) is 12.1. The summed E-state index contributed by atoms with van der Waals surface area (Å²) in [5, 5.41) is 9.83. The molecule has 1 N–H and O–H groups in total. The van der Waals surface area contributed by atoms with Crippen LogP contribution in [0.1, 0.15) is 23.1 Å². The number of carbonyl (C=O) groups excluding carboxylic acids is 1. The van der Waals surface area contributed by atoms with Gasteiger partial charge in [-0.15, -0.1) is 11.3 Å². The predicted molar refractivity (Wildman–Crippen MR) is 69.3 cm³/mol. The van der Waals surface area contributed by atoms with Crippen LogP contribution in [0.5, 0.6) is 0 Å². The first kappa shape index (κ1) is 12.6. The van der Waals surface area contributed by atoms with Crippen LogP contribution in [0.3, 0.4) is 0 Å². The lowest BCUT2D eigenvalue weighted by Gasteiger charge is -1.98. The van der Waals surface area contributed by atoms with Gasteiger partial charge in [0.2, 0.25) is 0 Å². The molecule has 18 heavy (non-hydrogen) atoms. The SMILES string of the molecule is CCOC(=O)Cc1csc(C(=N)c2ccco2)c1. The number of hydrogen-bond donors (Lipinski definition) is 1. The molecule has 4 nitrogen and oxygen atoms in total. The van der Waals surface area contributed by atoms with Crippen LogP contribution in [-0.4, -0.2) is 18.3 Å². The lowest BCUT2D eigenvalue weighted by Crippen LogP contribution is -2.06. The van der Waals surface area contributed by atoms with Gasteiger partial charge in [0.05, 0.1) is 24.2 Å². The highest BCUT2D eigenvalue weighted by Gasteiger charge is 2.12. The third-order valence-electron chi connectivity index (χ3n) is 2.32. The molecule has 94 valence electrons. The molecule has 0 saturated carbocycles. The van der Waals surface area contributed by atoms with Crippen molar-refractivity contribution in [3.8, 4) is 0 Å². The fourth-order valence-corrected chi connectivity index (χ4v) is 2.39. The third-order valence-corrected chi connectivity index (χ3v) is 3.32. The standard InChI is InChI=1S/C13H13NO3S/c1-2-16-12(15)7-9-6-11(18-8-9)13(14)10-4-3-5-17-10/h3-6,8,14H,2,7H2,1H3. The molecule has 0 radical (unpaired) electrons. The van der Waals surface area contributed by atoms with E-state index in [9.17, 15) is 4.79 Å². The van der Waals surface area contributed by atoms with Crippen molar-refractivity contribution < 1.29 is 13.9 Å². The van der Waals surface area contributed by atoms with Crippen molar-refractivity contribution in [1.29, 1.82) is 5.41 Å². The van der Waals surface area contributed by atoms with E-state index in [1.807, 2.05) is 11.4 Å². The normalized spacial score (nSPS) is 10.3. The molecule has 0 aliphatic rings. The number of carbonyl (C=O) groups is 1. The van der Waals surface area contributed by atoms with Crippen molar-refractivity contribution in [2.75, 3.05) is 6.61 Å². The molecular formula is C13H13NO3S. The molecule has 0 spiro atoms. The quantitative estimate of drug-likeness (QED) is 0.666. The molecule has 0 fully saturated rings. The Bertz CT molecular complexity index is 542. The van der Waals surface area contributed by atoms with E-state index in [4.69, 9.17) is 14.6 Å². The second-order valence-corrected chi connectivity index (χ2v) is 4.56. The second-order valence-electron chi connectivity index (χ2n) is 3.65. The minimum atomic E-state index is -0.244. The Morgan fingerprint density at radius 3 is 3.06 bits per heavy atom. The van der Waals surface area contributed by atoms with Crippen LogP contribution in [0.2, 0.25) is 0 Å². The van der Waals surface area contributed by atoms with Gasteiger partial charge in [0, 0.05) is 0 Å². The van der Waals surface area contributed by atoms with E-state index in [0.29, 0.717) is 18.1 Å². The van der Waals surface area contributed by atoms with Gasteiger partial charge < -0.3 is 9.15 Å². The zero-order valence-electron chi connectivity index (χ0n) is 9.93. The zero-order valence-corrected chi connectivity index (χ0v) is 10.8.